The first-order chi connectivity index (χ1) is 58.9. The molecule has 5 aliphatic rings. The second kappa shape index (κ2) is 34.1. The summed E-state index contributed by atoms with van der Waals surface area (Å²) >= 11 is 6.67. The van der Waals surface area contributed by atoms with Crippen LogP contribution in [0.5, 0.6) is 0 Å². The zero-order valence-corrected chi connectivity index (χ0v) is 71.2. The molecule has 0 bridgehead atoms. The molecule has 2 saturated carbocycles. The topological polar surface area (TPSA) is 266 Å². The molecule has 0 radical (unpaired) electrons. The largest absolute Gasteiger partial charge is 0.495 e. The van der Waals surface area contributed by atoms with Crippen LogP contribution in [-0.4, -0.2) is 101 Å². The van der Waals surface area contributed by atoms with E-state index in [1.807, 2.05) is 70.2 Å². The molecule has 19 nitrogen and oxygen atoms in total. The average molecular weight is 1880 g/mol. The zero-order valence-electron chi connectivity index (χ0n) is 68.0. The van der Waals surface area contributed by atoms with Crippen molar-refractivity contribution in [3.8, 4) is 34.8 Å². The minimum atomic E-state index is -5.03. The van der Waals surface area contributed by atoms with Gasteiger partial charge in [-0.05, 0) is 232 Å². The number of nitrogens with one attached hydrogen (secondary N) is 3. The number of pyridine rings is 4. The summed E-state index contributed by atoms with van der Waals surface area (Å²) < 4.78 is 214. The number of hydrogen-bond acceptors (Lipinski definition) is 14. The van der Waals surface area contributed by atoms with Gasteiger partial charge in [0, 0.05) is 116 Å². The Morgan fingerprint density at radius 1 is 0.540 bits per heavy atom. The molecule has 6 atom stereocenters. The third-order valence-electron chi connectivity index (χ3n) is 22.5. The predicted octanol–water partition coefficient (Wildman–Crippen LogP) is 17.6. The van der Waals surface area contributed by atoms with E-state index in [0.717, 1.165) is 45.0 Å². The average Bonchev–Trinajstić information content (AvgIpc) is 1.52. The van der Waals surface area contributed by atoms with E-state index in [-0.39, 0.29) is 92.1 Å². The summed E-state index contributed by atoms with van der Waals surface area (Å²) in [7, 11) is -0.453. The summed E-state index contributed by atoms with van der Waals surface area (Å²) in [4.78, 5) is 84.0. The van der Waals surface area contributed by atoms with Crippen molar-refractivity contribution in [1.82, 2.24) is 49.5 Å². The lowest BCUT2D eigenvalue weighted by molar-refractivity contribution is -0.143. The first-order valence-corrected chi connectivity index (χ1v) is 41.0. The van der Waals surface area contributed by atoms with E-state index in [0.29, 0.717) is 54.2 Å². The Bertz CT molecular complexity index is 6610. The first kappa shape index (κ1) is 91.0. The molecule has 3 fully saturated rings. The molecule has 4 aliphatic carbocycles. The van der Waals surface area contributed by atoms with Crippen LogP contribution in [0.1, 0.15) is 173 Å². The van der Waals surface area contributed by atoms with E-state index in [9.17, 15) is 86.9 Å². The van der Waals surface area contributed by atoms with Crippen LogP contribution in [0.4, 0.5) is 61.5 Å². The Morgan fingerprint density at radius 2 is 0.968 bits per heavy atom. The van der Waals surface area contributed by atoms with Crippen molar-refractivity contribution in [2.24, 2.45) is 11.8 Å². The van der Waals surface area contributed by atoms with Crippen molar-refractivity contribution in [1.29, 1.82) is 0 Å². The smallest absolute Gasteiger partial charge is 0.399 e. The Morgan fingerprint density at radius 3 is 1.44 bits per heavy atom. The van der Waals surface area contributed by atoms with Gasteiger partial charge in [-0.3, -0.25) is 33.3 Å². The van der Waals surface area contributed by atoms with Crippen LogP contribution in [0.25, 0.3) is 43.4 Å². The highest BCUT2D eigenvalue weighted by molar-refractivity contribution is 9.11. The number of ketones is 2. The SMILES string of the molecule is CC(C)(O)C#Cc1ccc(-c2cccc3c(=O)[nH]ccc23)c([C@@H](CC(=O)Cn2nc(C(F)(F)F)c3c2C(F)(F)[C@@H]2C[C@H]32)Cc2cc(F)cc(F)c2)n1.CC(C)(O)C#Cc1ncc(Br)c([C@@H](CC(=O)Cn2nc(C(F)(F)F)c3c2C(F)(F)[C@@H]2C[C@H]32)Cc2cc(F)cc(F)c2)n1.CC1(C)OB(c2cccc3c(=O)[nH]ccc23)OC1(C)C.O=c1[nH]ccc2c(Br)cccc12. The molecule has 126 heavy (non-hydrogen) atoms. The lowest BCUT2D eigenvalue weighted by Gasteiger charge is -2.32. The van der Waals surface area contributed by atoms with Crippen LogP contribution < -0.4 is 22.1 Å². The Kier molecular flexibility index (Phi) is 24.6. The maximum absolute atomic E-state index is 15.3. The number of carbonyl (C=O) groups is 2. The number of rotatable bonds is 16. The third kappa shape index (κ3) is 19.3. The van der Waals surface area contributed by atoms with Crippen LogP contribution in [0, 0.1) is 58.8 Å². The summed E-state index contributed by atoms with van der Waals surface area (Å²) in [6.45, 7) is 12.0. The summed E-state index contributed by atoms with van der Waals surface area (Å²) in [6, 6.07) is 30.2. The molecule has 654 valence electrons. The molecule has 0 spiro atoms. The van der Waals surface area contributed by atoms with E-state index in [2.05, 4.69) is 90.7 Å². The Labute approximate surface area is 725 Å². The highest BCUT2D eigenvalue weighted by Gasteiger charge is 2.70. The molecule has 1 aliphatic heterocycles. The molecule has 5 aromatic carbocycles. The number of aliphatic hydroxyl groups is 2. The number of fused-ring (bicyclic) bond motifs is 9. The number of nitrogens with zero attached hydrogens (tertiary/aromatic N) is 7. The minimum absolute atomic E-state index is 0.0446. The number of carbonyl (C=O) groups excluding carboxylic acids is 2. The monoisotopic (exact) mass is 1870 g/mol. The van der Waals surface area contributed by atoms with Crippen molar-refractivity contribution in [3.63, 3.8) is 0 Å². The molecule has 8 heterocycles. The maximum Gasteiger partial charge on any atom is 0.495 e. The van der Waals surface area contributed by atoms with Crippen molar-refractivity contribution in [2.45, 2.75) is 177 Å². The number of H-pyrrole nitrogens is 3. The van der Waals surface area contributed by atoms with E-state index in [1.165, 1.54) is 40.1 Å². The van der Waals surface area contributed by atoms with Crippen molar-refractivity contribution < 1.29 is 90.6 Å². The van der Waals surface area contributed by atoms with Crippen LogP contribution in [0.15, 0.2) is 169 Å². The highest BCUT2D eigenvalue weighted by Crippen LogP contribution is 2.70. The summed E-state index contributed by atoms with van der Waals surface area (Å²) in [5, 5.41) is 31.0. The molecule has 5 N–H and O–H groups in total. The van der Waals surface area contributed by atoms with Crippen molar-refractivity contribution in [2.75, 3.05) is 0 Å². The highest BCUT2D eigenvalue weighted by atomic mass is 79.9. The second-order valence-electron chi connectivity index (χ2n) is 33.5. The van der Waals surface area contributed by atoms with Crippen LogP contribution in [0.3, 0.4) is 0 Å². The number of aromatic nitrogens is 10. The lowest BCUT2D eigenvalue weighted by atomic mass is 9.76. The van der Waals surface area contributed by atoms with Gasteiger partial charge in [-0.15, -0.1) is 0 Å². The van der Waals surface area contributed by atoms with Gasteiger partial charge in [0.2, 0.25) is 5.82 Å². The van der Waals surface area contributed by atoms with E-state index in [4.69, 9.17) is 14.3 Å². The Hall–Kier alpha value is -11.3. The number of hydrogen-bond donors (Lipinski definition) is 5. The molecule has 0 amide bonds. The molecular formula is C90H75BBr2F14N10O9. The van der Waals surface area contributed by atoms with Gasteiger partial charge in [0.1, 0.15) is 64.6 Å². The molecule has 12 aromatic rings. The quantitative estimate of drug-likeness (QED) is 0.0342. The van der Waals surface area contributed by atoms with Gasteiger partial charge in [0.25, 0.3) is 28.5 Å². The third-order valence-corrected chi connectivity index (χ3v) is 23.8. The standard InChI is InChI=1S/C38H29F7N4O3.C28H22BrF7N4O2.C15H18BNO3.C9H6BrNO/c1-36(2,52)10-8-23-6-7-27(25-4-3-5-28-26(25)9-11-46-35(28)51)32(47-23)20(12-19-13-21(39)16-22(40)14-19)15-24(50)18-49-34-31(33(48-49)38(43,44)45)29-17-30(29)37(34,41)42;1-26(2,42)4-3-21-37-11-20(29)23(38-21)14(5-13-6-15(30)9-16(31)7-13)8-17(41)12-40-25-22(24(39-40)28(34,35)36)18-10-19(18)27(25,32)33;1-14(2)15(3,4)20-16(19-14)12-7-5-6-11-10(12)8-9-17-13(11)18;10-8-3-1-2-7-6(8)4-5-11-9(7)12/h3-7,9,11,13-14,16,20,29-30,52H,12,15,17-18H2,1-2H3,(H,46,51);6-7,9,11,14,18-19,42H,5,8,10,12H2,1-2H3;5-9H,1-4H3,(H,17,18);1-5H,(H,11,12)/t20-,29+,30-;14-,18+,19-;;/m11../s1. The number of aromatic amines is 3. The molecule has 1 saturated heterocycles. The summed E-state index contributed by atoms with van der Waals surface area (Å²) in [5.74, 6) is -8.32. The fraction of sp³-hybridized carbons (Fsp3) is 0.333. The first-order valence-electron chi connectivity index (χ1n) is 39.4. The van der Waals surface area contributed by atoms with Crippen LogP contribution in [0.2, 0.25) is 0 Å². The van der Waals surface area contributed by atoms with E-state index < -0.39 is 173 Å². The van der Waals surface area contributed by atoms with Gasteiger partial charge in [-0.2, -0.15) is 54.1 Å². The summed E-state index contributed by atoms with van der Waals surface area (Å²) in [5.41, 5.74) is -7.44. The van der Waals surface area contributed by atoms with E-state index in [1.54, 1.807) is 54.9 Å². The van der Waals surface area contributed by atoms with Gasteiger partial charge in [-0.1, -0.05) is 58.1 Å². The van der Waals surface area contributed by atoms with Crippen LogP contribution in [-0.2, 0) is 69.0 Å². The predicted molar refractivity (Wildman–Crippen MR) is 445 cm³/mol. The molecule has 0 unspecified atom stereocenters. The van der Waals surface area contributed by atoms with E-state index >= 15 is 8.78 Å². The fourth-order valence-corrected chi connectivity index (χ4v) is 17.1. The van der Waals surface area contributed by atoms with Crippen molar-refractivity contribution >= 4 is 88.3 Å². The number of benzene rings is 5. The normalized spacial score (nSPS) is 18.2. The summed E-state index contributed by atoms with van der Waals surface area (Å²) in [6.07, 6.45) is -5.51. The van der Waals surface area contributed by atoms with Crippen LogP contribution >= 0.6 is 31.9 Å². The zero-order chi connectivity index (χ0) is 91.2. The fourth-order valence-electron chi connectivity index (χ4n) is 16.1. The lowest BCUT2D eigenvalue weighted by Crippen LogP contribution is -2.41. The number of Topliss-reactive ketones (excluding diaryl/α,β-unsaturated/α-hetero) is 2. The molecular weight excluding hydrogens is 1800 g/mol. The Balaban J connectivity index is 0.000000153. The van der Waals surface area contributed by atoms with Gasteiger partial charge >= 0.3 is 19.5 Å². The molecule has 7 aromatic heterocycles. The van der Waals surface area contributed by atoms with Crippen molar-refractivity contribution in [3.05, 3.63) is 277 Å². The number of halogens is 16. The van der Waals surface area contributed by atoms with Gasteiger partial charge in [0.05, 0.1) is 27.1 Å². The number of alkyl halides is 10. The maximum atomic E-state index is 15.3. The van der Waals surface area contributed by atoms with Gasteiger partial charge in [-0.25, -0.2) is 32.5 Å². The van der Waals surface area contributed by atoms with Gasteiger partial charge < -0.3 is 34.5 Å². The molecule has 17 rings (SSSR count). The molecule has 36 heteroatoms. The van der Waals surface area contributed by atoms with Gasteiger partial charge in [0.15, 0.2) is 23.0 Å². The minimum Gasteiger partial charge on any atom is -0.399 e. The second-order valence-corrected chi connectivity index (χ2v) is 35.2.